The monoisotopic (exact) mass is 271 g/mol. The quantitative estimate of drug-likeness (QED) is 0.854. The van der Waals surface area contributed by atoms with Gasteiger partial charge in [-0.3, -0.25) is 0 Å². The Morgan fingerprint density at radius 1 is 1.05 bits per heavy atom. The lowest BCUT2D eigenvalue weighted by atomic mass is 10.0. The third kappa shape index (κ3) is 2.87. The van der Waals surface area contributed by atoms with Crippen LogP contribution in [0.25, 0.3) is 0 Å². The molecule has 0 saturated heterocycles. The van der Waals surface area contributed by atoms with Gasteiger partial charge in [-0.1, -0.05) is 6.07 Å². The van der Waals surface area contributed by atoms with Crippen LogP contribution in [0.2, 0.25) is 0 Å². The van der Waals surface area contributed by atoms with Gasteiger partial charge in [0.15, 0.2) is 0 Å². The molecule has 1 aromatic carbocycles. The summed E-state index contributed by atoms with van der Waals surface area (Å²) in [5.41, 5.74) is 5.21. The number of nitrogens with zero attached hydrogens (tertiary/aromatic N) is 2. The lowest BCUT2D eigenvalue weighted by molar-refractivity contribution is -0.140. The van der Waals surface area contributed by atoms with Crippen molar-refractivity contribution in [3.63, 3.8) is 0 Å². The van der Waals surface area contributed by atoms with Crippen LogP contribution in [-0.2, 0) is 6.18 Å². The van der Waals surface area contributed by atoms with Gasteiger partial charge >= 0.3 is 6.18 Å². The first kappa shape index (κ1) is 13.4. The molecule has 2 rings (SSSR count). The smallest absolute Gasteiger partial charge is 0.320 e. The summed E-state index contributed by atoms with van der Waals surface area (Å²) in [5.74, 6) is -1.35. The van der Waals surface area contributed by atoms with Crippen molar-refractivity contribution in [1.29, 1.82) is 0 Å². The van der Waals surface area contributed by atoms with E-state index in [4.69, 9.17) is 5.73 Å². The molecule has 0 aliphatic carbocycles. The normalized spacial score (nSPS) is 13.3. The highest BCUT2D eigenvalue weighted by molar-refractivity contribution is 5.33. The highest BCUT2D eigenvalue weighted by Gasteiger charge is 2.34. The van der Waals surface area contributed by atoms with Gasteiger partial charge in [0.25, 0.3) is 0 Å². The van der Waals surface area contributed by atoms with E-state index in [1.807, 2.05) is 0 Å². The molecular formula is C12H9F4N3. The molecule has 2 N–H and O–H groups in total. The summed E-state index contributed by atoms with van der Waals surface area (Å²) in [6, 6.07) is 1.82. The summed E-state index contributed by atoms with van der Waals surface area (Å²) in [7, 11) is 0. The van der Waals surface area contributed by atoms with Gasteiger partial charge in [-0.15, -0.1) is 0 Å². The van der Waals surface area contributed by atoms with E-state index >= 15 is 0 Å². The summed E-state index contributed by atoms with van der Waals surface area (Å²) in [6.07, 6.45) is -0.577. The molecule has 0 aliphatic rings. The third-order valence-electron chi connectivity index (χ3n) is 2.60. The van der Waals surface area contributed by atoms with E-state index in [0.29, 0.717) is 11.6 Å². The minimum atomic E-state index is -4.72. The van der Waals surface area contributed by atoms with Gasteiger partial charge < -0.3 is 5.73 Å². The Labute approximate surface area is 106 Å². The van der Waals surface area contributed by atoms with E-state index in [1.165, 1.54) is 18.7 Å². The summed E-state index contributed by atoms with van der Waals surface area (Å²) in [4.78, 5) is 7.49. The number of halogens is 4. The summed E-state index contributed by atoms with van der Waals surface area (Å²) in [5, 5.41) is 0. The van der Waals surface area contributed by atoms with Gasteiger partial charge in [0.2, 0.25) is 0 Å². The van der Waals surface area contributed by atoms with Gasteiger partial charge in [0.05, 0.1) is 11.6 Å². The molecule has 0 fully saturated rings. The Bertz CT molecular complexity index is 569. The maximum Gasteiger partial charge on any atom is 0.419 e. The first-order valence-electron chi connectivity index (χ1n) is 5.26. The SMILES string of the molecule is NC(c1cncnc1)c1ccc(C(F)(F)F)c(F)c1. The Kier molecular flexibility index (Phi) is 3.48. The zero-order valence-electron chi connectivity index (χ0n) is 9.53. The van der Waals surface area contributed by atoms with Crippen molar-refractivity contribution < 1.29 is 17.6 Å². The van der Waals surface area contributed by atoms with Crippen molar-refractivity contribution in [3.05, 3.63) is 59.4 Å². The van der Waals surface area contributed by atoms with Crippen molar-refractivity contribution in [3.8, 4) is 0 Å². The van der Waals surface area contributed by atoms with Gasteiger partial charge in [0.1, 0.15) is 12.1 Å². The van der Waals surface area contributed by atoms with Crippen LogP contribution >= 0.6 is 0 Å². The van der Waals surface area contributed by atoms with Crippen LogP contribution < -0.4 is 5.73 Å². The molecule has 100 valence electrons. The van der Waals surface area contributed by atoms with Crippen LogP contribution in [0.1, 0.15) is 22.7 Å². The molecule has 19 heavy (non-hydrogen) atoms. The second-order valence-electron chi connectivity index (χ2n) is 3.89. The van der Waals surface area contributed by atoms with Crippen LogP contribution in [0.4, 0.5) is 17.6 Å². The Hall–Kier alpha value is -2.02. The van der Waals surface area contributed by atoms with E-state index in [0.717, 1.165) is 12.1 Å². The Balaban J connectivity index is 2.35. The number of rotatable bonds is 2. The zero-order valence-corrected chi connectivity index (χ0v) is 9.53. The Morgan fingerprint density at radius 3 is 2.21 bits per heavy atom. The largest absolute Gasteiger partial charge is 0.419 e. The molecule has 0 saturated carbocycles. The molecule has 3 nitrogen and oxygen atoms in total. The second kappa shape index (κ2) is 4.93. The number of benzene rings is 1. The highest BCUT2D eigenvalue weighted by Crippen LogP contribution is 2.32. The minimum absolute atomic E-state index is 0.223. The number of hydrogen-bond donors (Lipinski definition) is 1. The van der Waals surface area contributed by atoms with Gasteiger partial charge in [0, 0.05) is 18.0 Å². The molecule has 7 heteroatoms. The van der Waals surface area contributed by atoms with Crippen LogP contribution in [0.5, 0.6) is 0 Å². The number of nitrogens with two attached hydrogens (primary N) is 1. The highest BCUT2D eigenvalue weighted by atomic mass is 19.4. The number of aromatic nitrogens is 2. The van der Waals surface area contributed by atoms with Crippen molar-refractivity contribution in [1.82, 2.24) is 9.97 Å². The first-order chi connectivity index (χ1) is 8.89. The van der Waals surface area contributed by atoms with Gasteiger partial charge in [-0.05, 0) is 17.7 Å². The van der Waals surface area contributed by atoms with Crippen molar-refractivity contribution >= 4 is 0 Å². The molecule has 1 aromatic heterocycles. The number of hydrogen-bond acceptors (Lipinski definition) is 3. The predicted molar refractivity (Wildman–Crippen MR) is 59.5 cm³/mol. The predicted octanol–water partition coefficient (Wildman–Crippen LogP) is 2.68. The number of alkyl halides is 3. The molecule has 1 unspecified atom stereocenters. The van der Waals surface area contributed by atoms with Crippen LogP contribution in [0.3, 0.4) is 0 Å². The van der Waals surface area contributed by atoms with E-state index < -0.39 is 23.6 Å². The minimum Gasteiger partial charge on any atom is -0.320 e. The molecule has 0 bridgehead atoms. The third-order valence-corrected chi connectivity index (χ3v) is 2.60. The van der Waals surface area contributed by atoms with E-state index in [9.17, 15) is 17.6 Å². The summed E-state index contributed by atoms with van der Waals surface area (Å²) < 4.78 is 50.7. The molecule has 0 radical (unpaired) electrons. The van der Waals surface area contributed by atoms with E-state index in [2.05, 4.69) is 9.97 Å². The molecule has 0 spiro atoms. The first-order valence-corrected chi connectivity index (χ1v) is 5.26. The van der Waals surface area contributed by atoms with E-state index in [-0.39, 0.29) is 5.56 Å². The van der Waals surface area contributed by atoms with Crippen molar-refractivity contribution in [2.24, 2.45) is 5.73 Å². The maximum absolute atomic E-state index is 13.4. The standard InChI is InChI=1S/C12H9F4N3/c13-10-3-7(1-2-9(10)12(14,15)16)11(17)8-4-18-6-19-5-8/h1-6,11H,17H2. The molecule has 0 aliphatic heterocycles. The Morgan fingerprint density at radius 2 is 1.68 bits per heavy atom. The van der Waals surface area contributed by atoms with E-state index in [1.54, 1.807) is 0 Å². The molecule has 1 heterocycles. The average Bonchev–Trinajstić information content (AvgIpc) is 2.37. The van der Waals surface area contributed by atoms with Crippen molar-refractivity contribution in [2.45, 2.75) is 12.2 Å². The fourth-order valence-corrected chi connectivity index (χ4v) is 1.62. The van der Waals surface area contributed by atoms with Crippen LogP contribution in [0, 0.1) is 5.82 Å². The van der Waals surface area contributed by atoms with Gasteiger partial charge in [-0.2, -0.15) is 13.2 Å². The summed E-state index contributed by atoms with van der Waals surface area (Å²) in [6.45, 7) is 0. The van der Waals surface area contributed by atoms with Crippen LogP contribution in [-0.4, -0.2) is 9.97 Å². The van der Waals surface area contributed by atoms with Crippen LogP contribution in [0.15, 0.2) is 36.9 Å². The molecule has 2 aromatic rings. The zero-order chi connectivity index (χ0) is 14.0. The molecular weight excluding hydrogens is 262 g/mol. The topological polar surface area (TPSA) is 51.8 Å². The fraction of sp³-hybridized carbons (Fsp3) is 0.167. The maximum atomic E-state index is 13.4. The fourth-order valence-electron chi connectivity index (χ4n) is 1.62. The average molecular weight is 271 g/mol. The summed E-state index contributed by atoms with van der Waals surface area (Å²) >= 11 is 0. The lowest BCUT2D eigenvalue weighted by Crippen LogP contribution is -2.14. The second-order valence-corrected chi connectivity index (χ2v) is 3.89. The lowest BCUT2D eigenvalue weighted by Gasteiger charge is -2.14. The van der Waals surface area contributed by atoms with Crippen molar-refractivity contribution in [2.75, 3.05) is 0 Å². The van der Waals surface area contributed by atoms with Gasteiger partial charge in [-0.25, -0.2) is 14.4 Å². The molecule has 1 atom stereocenters. The molecule has 0 amide bonds.